The van der Waals surface area contributed by atoms with Crippen molar-refractivity contribution in [1.82, 2.24) is 5.32 Å². The molecule has 9 heteroatoms. The number of nitrogens with zero attached hydrogens (tertiary/aromatic N) is 1. The third-order valence-corrected chi connectivity index (χ3v) is 3.23. The summed E-state index contributed by atoms with van der Waals surface area (Å²) in [6.07, 6.45) is -6.54. The van der Waals surface area contributed by atoms with Crippen LogP contribution in [0, 0.1) is 17.2 Å². The zero-order valence-corrected chi connectivity index (χ0v) is 12.5. The molecule has 6 nitrogen and oxygen atoms in total. The van der Waals surface area contributed by atoms with Crippen LogP contribution in [0.2, 0.25) is 0 Å². The standard InChI is InChI=1S/C15H15F3N2O4/c1-8(7-19)6-11(14(23)24)20-13(22)12(21)9-2-4-10(5-3-9)15(16,17)18/h2-5,8,11-12,21H,6H2,1H3,(H,20,22)(H,23,24)/t8-,11-,12-/m0/s1. The first kappa shape index (κ1) is 19.4. The zero-order valence-electron chi connectivity index (χ0n) is 12.5. The summed E-state index contributed by atoms with van der Waals surface area (Å²) in [4.78, 5) is 23.0. The molecule has 0 saturated heterocycles. The maximum absolute atomic E-state index is 12.5. The number of alkyl halides is 3. The molecule has 3 N–H and O–H groups in total. The Kier molecular flexibility index (Phi) is 6.31. The Morgan fingerprint density at radius 2 is 1.83 bits per heavy atom. The molecule has 1 aromatic carbocycles. The fraction of sp³-hybridized carbons (Fsp3) is 0.400. The number of carboxylic acids is 1. The number of amides is 1. The highest BCUT2D eigenvalue weighted by molar-refractivity contribution is 5.87. The van der Waals surface area contributed by atoms with Crippen molar-refractivity contribution in [2.24, 2.45) is 5.92 Å². The molecule has 0 bridgehead atoms. The Bertz CT molecular complexity index is 638. The topological polar surface area (TPSA) is 110 Å². The highest BCUT2D eigenvalue weighted by atomic mass is 19.4. The monoisotopic (exact) mass is 344 g/mol. The van der Waals surface area contributed by atoms with Gasteiger partial charge in [-0.3, -0.25) is 4.79 Å². The summed E-state index contributed by atoms with van der Waals surface area (Å²) in [5.41, 5.74) is -1.05. The molecule has 0 aliphatic heterocycles. The molecule has 1 aromatic rings. The molecule has 0 aliphatic carbocycles. The molecule has 1 rings (SSSR count). The molecule has 0 saturated carbocycles. The fourth-order valence-corrected chi connectivity index (χ4v) is 1.88. The van der Waals surface area contributed by atoms with Crippen LogP contribution in [0.1, 0.15) is 30.6 Å². The number of nitriles is 1. The number of hydrogen-bond acceptors (Lipinski definition) is 4. The number of rotatable bonds is 6. The highest BCUT2D eigenvalue weighted by Gasteiger charge is 2.31. The Balaban J connectivity index is 2.83. The Morgan fingerprint density at radius 3 is 2.25 bits per heavy atom. The van der Waals surface area contributed by atoms with Crippen molar-refractivity contribution < 1.29 is 33.0 Å². The van der Waals surface area contributed by atoms with Gasteiger partial charge in [0, 0.05) is 5.92 Å². The second-order valence-corrected chi connectivity index (χ2v) is 5.19. The van der Waals surface area contributed by atoms with Gasteiger partial charge in [-0.1, -0.05) is 12.1 Å². The maximum atomic E-state index is 12.5. The lowest BCUT2D eigenvalue weighted by Gasteiger charge is -2.18. The number of halogens is 3. The minimum Gasteiger partial charge on any atom is -0.480 e. The van der Waals surface area contributed by atoms with Gasteiger partial charge in [0.25, 0.3) is 5.91 Å². The van der Waals surface area contributed by atoms with Crippen LogP contribution in [0.15, 0.2) is 24.3 Å². The average molecular weight is 344 g/mol. The number of hydrogen-bond donors (Lipinski definition) is 3. The van der Waals surface area contributed by atoms with E-state index in [-0.39, 0.29) is 12.0 Å². The molecule has 0 aliphatic rings. The Labute approximate surface area is 135 Å². The van der Waals surface area contributed by atoms with E-state index in [1.54, 1.807) is 0 Å². The SMILES string of the molecule is C[C@H](C#N)C[C@H](NC(=O)[C@@H](O)c1ccc(C(F)(F)F)cc1)C(=O)O. The van der Waals surface area contributed by atoms with Crippen molar-refractivity contribution in [2.45, 2.75) is 31.7 Å². The summed E-state index contributed by atoms with van der Waals surface area (Å²) in [7, 11) is 0. The lowest BCUT2D eigenvalue weighted by molar-refractivity contribution is -0.144. The predicted octanol–water partition coefficient (Wildman–Crippen LogP) is 1.86. The third kappa shape index (κ3) is 5.24. The smallest absolute Gasteiger partial charge is 0.416 e. The quantitative estimate of drug-likeness (QED) is 0.729. The van der Waals surface area contributed by atoms with E-state index in [0.717, 1.165) is 12.1 Å². The van der Waals surface area contributed by atoms with E-state index < -0.39 is 41.7 Å². The van der Waals surface area contributed by atoms with E-state index in [9.17, 15) is 27.9 Å². The van der Waals surface area contributed by atoms with Crippen LogP contribution in [0.4, 0.5) is 13.2 Å². The first-order valence-electron chi connectivity index (χ1n) is 6.84. The summed E-state index contributed by atoms with van der Waals surface area (Å²) in [5, 5.41) is 29.6. The van der Waals surface area contributed by atoms with E-state index in [2.05, 4.69) is 5.32 Å². The summed E-state index contributed by atoms with van der Waals surface area (Å²) in [5.74, 6) is -3.10. The maximum Gasteiger partial charge on any atom is 0.416 e. The minimum atomic E-state index is -4.55. The van der Waals surface area contributed by atoms with Crippen molar-refractivity contribution in [3.05, 3.63) is 35.4 Å². The molecule has 0 unspecified atom stereocenters. The molecule has 130 valence electrons. The van der Waals surface area contributed by atoms with Crippen LogP contribution < -0.4 is 5.32 Å². The number of carboxylic acid groups (broad SMARTS) is 1. The van der Waals surface area contributed by atoms with Gasteiger partial charge in [0.2, 0.25) is 0 Å². The van der Waals surface area contributed by atoms with Crippen molar-refractivity contribution in [1.29, 1.82) is 5.26 Å². The molecule has 3 atom stereocenters. The van der Waals surface area contributed by atoms with Gasteiger partial charge in [-0.2, -0.15) is 18.4 Å². The number of benzene rings is 1. The molecule has 0 aromatic heterocycles. The lowest BCUT2D eigenvalue weighted by atomic mass is 10.0. The molecule has 0 spiro atoms. The molecule has 0 heterocycles. The van der Waals surface area contributed by atoms with Gasteiger partial charge in [0.1, 0.15) is 6.04 Å². The molecule has 1 amide bonds. The molecule has 0 radical (unpaired) electrons. The van der Waals surface area contributed by atoms with E-state index in [1.807, 2.05) is 6.07 Å². The second-order valence-electron chi connectivity index (χ2n) is 5.19. The van der Waals surface area contributed by atoms with Crippen LogP contribution in [0.3, 0.4) is 0 Å². The first-order chi connectivity index (χ1) is 11.1. The summed E-state index contributed by atoms with van der Waals surface area (Å²) >= 11 is 0. The first-order valence-corrected chi connectivity index (χ1v) is 6.84. The van der Waals surface area contributed by atoms with Crippen molar-refractivity contribution in [2.75, 3.05) is 0 Å². The van der Waals surface area contributed by atoms with Crippen LogP contribution in [0.5, 0.6) is 0 Å². The van der Waals surface area contributed by atoms with E-state index in [1.165, 1.54) is 6.92 Å². The Hall–Kier alpha value is -2.60. The number of aliphatic carboxylic acids is 1. The summed E-state index contributed by atoms with van der Waals surface area (Å²) in [6.45, 7) is 1.47. The number of nitrogens with one attached hydrogen (secondary N) is 1. The van der Waals surface area contributed by atoms with Gasteiger partial charge in [-0.15, -0.1) is 0 Å². The molecular weight excluding hydrogens is 329 g/mol. The Morgan fingerprint density at radius 1 is 1.29 bits per heavy atom. The molecule has 24 heavy (non-hydrogen) atoms. The number of carbonyl (C=O) groups excluding carboxylic acids is 1. The second kappa shape index (κ2) is 7.79. The molecular formula is C15H15F3N2O4. The van der Waals surface area contributed by atoms with Crippen LogP contribution in [-0.4, -0.2) is 28.1 Å². The van der Waals surface area contributed by atoms with Crippen LogP contribution >= 0.6 is 0 Å². The van der Waals surface area contributed by atoms with Crippen LogP contribution in [0.25, 0.3) is 0 Å². The third-order valence-electron chi connectivity index (χ3n) is 3.23. The highest BCUT2D eigenvalue weighted by Crippen LogP contribution is 2.30. The van der Waals surface area contributed by atoms with Gasteiger partial charge in [0.05, 0.1) is 11.6 Å². The predicted molar refractivity (Wildman–Crippen MR) is 75.4 cm³/mol. The number of aliphatic hydroxyl groups excluding tert-OH is 1. The average Bonchev–Trinajstić information content (AvgIpc) is 2.52. The van der Waals surface area contributed by atoms with E-state index in [4.69, 9.17) is 10.4 Å². The van der Waals surface area contributed by atoms with Crippen molar-refractivity contribution in [3.8, 4) is 6.07 Å². The largest absolute Gasteiger partial charge is 0.480 e. The van der Waals surface area contributed by atoms with Crippen molar-refractivity contribution in [3.63, 3.8) is 0 Å². The molecule has 0 fully saturated rings. The van der Waals surface area contributed by atoms with E-state index in [0.29, 0.717) is 12.1 Å². The minimum absolute atomic E-state index is 0.113. The fourth-order valence-electron chi connectivity index (χ4n) is 1.88. The zero-order chi connectivity index (χ0) is 18.5. The van der Waals surface area contributed by atoms with Gasteiger partial charge < -0.3 is 15.5 Å². The van der Waals surface area contributed by atoms with Crippen molar-refractivity contribution >= 4 is 11.9 Å². The number of aliphatic hydroxyl groups is 1. The number of carbonyl (C=O) groups is 2. The summed E-state index contributed by atoms with van der Waals surface area (Å²) in [6, 6.07) is 3.70. The van der Waals surface area contributed by atoms with E-state index >= 15 is 0 Å². The van der Waals surface area contributed by atoms with Gasteiger partial charge in [-0.25, -0.2) is 4.79 Å². The lowest BCUT2D eigenvalue weighted by Crippen LogP contribution is -2.43. The van der Waals surface area contributed by atoms with Gasteiger partial charge in [-0.05, 0) is 31.0 Å². The van der Waals surface area contributed by atoms with Gasteiger partial charge >= 0.3 is 12.1 Å². The normalized spacial score (nSPS) is 15.0. The van der Waals surface area contributed by atoms with Gasteiger partial charge in [0.15, 0.2) is 6.10 Å². The summed E-state index contributed by atoms with van der Waals surface area (Å²) < 4.78 is 37.4. The van der Waals surface area contributed by atoms with Crippen LogP contribution in [-0.2, 0) is 15.8 Å².